The molecule has 1 fully saturated rings. The van der Waals surface area contributed by atoms with Crippen molar-refractivity contribution < 1.29 is 4.79 Å². The molecule has 0 radical (unpaired) electrons. The van der Waals surface area contributed by atoms with Crippen molar-refractivity contribution in [2.24, 2.45) is 0 Å². The molecule has 58 valence electrons. The largest absolute Gasteiger partial charge is 0.341 e. The van der Waals surface area contributed by atoms with E-state index in [4.69, 9.17) is 0 Å². The Morgan fingerprint density at radius 3 is 2.60 bits per heavy atom. The van der Waals surface area contributed by atoms with Gasteiger partial charge in [0.1, 0.15) is 0 Å². The Morgan fingerprint density at radius 2 is 2.10 bits per heavy atom. The maximum absolute atomic E-state index is 10.7. The molecule has 0 spiro atoms. The number of amides is 2. The highest BCUT2D eigenvalue weighted by atomic mass is 16.2. The molecule has 5 nitrogen and oxygen atoms in total. The van der Waals surface area contributed by atoms with Crippen molar-refractivity contribution in [3.63, 3.8) is 0 Å². The summed E-state index contributed by atoms with van der Waals surface area (Å²) >= 11 is 0. The quantitative estimate of drug-likeness (QED) is 0.358. The van der Waals surface area contributed by atoms with E-state index in [9.17, 15) is 4.79 Å². The molecule has 0 unspecified atom stereocenters. The zero-order valence-electron chi connectivity index (χ0n) is 5.90. The van der Waals surface area contributed by atoms with Gasteiger partial charge in [0.05, 0.1) is 6.04 Å². The second-order valence-corrected chi connectivity index (χ2v) is 2.18. The van der Waals surface area contributed by atoms with Crippen molar-refractivity contribution in [1.82, 2.24) is 21.5 Å². The standard InChI is InChI=1S/C5H12N4O/c1-6-5(10)9-4-2-7-8-3-4/h4,7-8H,2-3H2,1H3,(H2,6,9,10). The zero-order valence-corrected chi connectivity index (χ0v) is 5.90. The van der Waals surface area contributed by atoms with Gasteiger partial charge in [-0.2, -0.15) is 0 Å². The SMILES string of the molecule is CNC(=O)NC1CNNC1. The minimum absolute atomic E-state index is 0.129. The second-order valence-electron chi connectivity index (χ2n) is 2.18. The minimum atomic E-state index is -0.129. The average molecular weight is 144 g/mol. The predicted molar refractivity (Wildman–Crippen MR) is 37.4 cm³/mol. The predicted octanol–water partition coefficient (Wildman–Crippen LogP) is -1.61. The van der Waals surface area contributed by atoms with Crippen molar-refractivity contribution in [1.29, 1.82) is 0 Å². The summed E-state index contributed by atoms with van der Waals surface area (Å²) in [6.45, 7) is 1.57. The molecule has 5 heteroatoms. The average Bonchev–Trinajstić information content (AvgIpc) is 2.40. The van der Waals surface area contributed by atoms with Crippen LogP contribution in [0.3, 0.4) is 0 Å². The van der Waals surface area contributed by atoms with Crippen LogP contribution in [0.1, 0.15) is 0 Å². The molecule has 0 bridgehead atoms. The van der Waals surface area contributed by atoms with E-state index < -0.39 is 0 Å². The molecular formula is C5H12N4O. The third-order valence-electron chi connectivity index (χ3n) is 1.38. The summed E-state index contributed by atoms with van der Waals surface area (Å²) in [6.07, 6.45) is 0. The topological polar surface area (TPSA) is 65.2 Å². The lowest BCUT2D eigenvalue weighted by molar-refractivity contribution is 0.240. The zero-order chi connectivity index (χ0) is 7.40. The summed E-state index contributed by atoms with van der Waals surface area (Å²) in [5, 5.41) is 5.24. The van der Waals surface area contributed by atoms with Crippen LogP contribution in [0.15, 0.2) is 0 Å². The van der Waals surface area contributed by atoms with E-state index in [1.54, 1.807) is 7.05 Å². The monoisotopic (exact) mass is 144 g/mol. The first kappa shape index (κ1) is 7.30. The Balaban J connectivity index is 2.17. The molecule has 1 saturated heterocycles. The van der Waals surface area contributed by atoms with Crippen molar-refractivity contribution >= 4 is 6.03 Å². The highest BCUT2D eigenvalue weighted by molar-refractivity contribution is 5.73. The molecule has 0 aromatic carbocycles. The molecule has 2 amide bonds. The molecule has 1 aliphatic rings. The van der Waals surface area contributed by atoms with Gasteiger partial charge in [0, 0.05) is 20.1 Å². The van der Waals surface area contributed by atoms with Gasteiger partial charge in [-0.1, -0.05) is 0 Å². The third kappa shape index (κ3) is 1.85. The van der Waals surface area contributed by atoms with E-state index in [1.165, 1.54) is 0 Å². The number of urea groups is 1. The van der Waals surface area contributed by atoms with Crippen LogP contribution in [0.25, 0.3) is 0 Å². The van der Waals surface area contributed by atoms with Gasteiger partial charge in [-0.3, -0.25) is 10.9 Å². The highest BCUT2D eigenvalue weighted by Crippen LogP contribution is 1.83. The van der Waals surface area contributed by atoms with Crippen LogP contribution < -0.4 is 21.5 Å². The second kappa shape index (κ2) is 3.38. The van der Waals surface area contributed by atoms with Gasteiger partial charge >= 0.3 is 6.03 Å². The smallest absolute Gasteiger partial charge is 0.314 e. The van der Waals surface area contributed by atoms with Gasteiger partial charge < -0.3 is 10.6 Å². The van der Waals surface area contributed by atoms with Gasteiger partial charge in [0.2, 0.25) is 0 Å². The van der Waals surface area contributed by atoms with Crippen LogP contribution >= 0.6 is 0 Å². The summed E-state index contributed by atoms with van der Waals surface area (Å²) in [4.78, 5) is 10.7. The van der Waals surface area contributed by atoms with Crippen LogP contribution in [-0.4, -0.2) is 32.2 Å². The Kier molecular flexibility index (Phi) is 2.47. The number of carbonyl (C=O) groups excluding carboxylic acids is 1. The maximum atomic E-state index is 10.7. The molecule has 0 aromatic heterocycles. The van der Waals surface area contributed by atoms with Gasteiger partial charge in [0.25, 0.3) is 0 Å². The number of nitrogens with one attached hydrogen (secondary N) is 4. The van der Waals surface area contributed by atoms with Gasteiger partial charge in [-0.25, -0.2) is 4.79 Å². The van der Waals surface area contributed by atoms with Crippen molar-refractivity contribution in [2.45, 2.75) is 6.04 Å². The first-order valence-corrected chi connectivity index (χ1v) is 3.27. The molecule has 1 rings (SSSR count). The molecular weight excluding hydrogens is 132 g/mol. The minimum Gasteiger partial charge on any atom is -0.341 e. The first-order valence-electron chi connectivity index (χ1n) is 3.27. The van der Waals surface area contributed by atoms with Crippen LogP contribution in [0.4, 0.5) is 4.79 Å². The van der Waals surface area contributed by atoms with Crippen molar-refractivity contribution in [2.75, 3.05) is 20.1 Å². The first-order chi connectivity index (χ1) is 4.83. The molecule has 0 saturated carbocycles. The number of hydrogen-bond acceptors (Lipinski definition) is 3. The Labute approximate surface area is 59.5 Å². The molecule has 0 aliphatic carbocycles. The van der Waals surface area contributed by atoms with E-state index in [1.807, 2.05) is 0 Å². The fraction of sp³-hybridized carbons (Fsp3) is 0.800. The lowest BCUT2D eigenvalue weighted by Crippen LogP contribution is -2.43. The molecule has 4 N–H and O–H groups in total. The summed E-state index contributed by atoms with van der Waals surface area (Å²) in [6, 6.07) is 0.0791. The fourth-order valence-corrected chi connectivity index (χ4v) is 0.823. The van der Waals surface area contributed by atoms with Crippen LogP contribution in [0, 0.1) is 0 Å². The van der Waals surface area contributed by atoms with Crippen LogP contribution in [0.2, 0.25) is 0 Å². The molecule has 0 aromatic rings. The van der Waals surface area contributed by atoms with Gasteiger partial charge in [-0.05, 0) is 0 Å². The lowest BCUT2D eigenvalue weighted by Gasteiger charge is -2.08. The number of carbonyl (C=O) groups is 1. The fourth-order valence-electron chi connectivity index (χ4n) is 0.823. The summed E-state index contributed by atoms with van der Waals surface area (Å²) in [5.41, 5.74) is 5.82. The van der Waals surface area contributed by atoms with E-state index in [0.717, 1.165) is 13.1 Å². The van der Waals surface area contributed by atoms with Crippen LogP contribution in [-0.2, 0) is 0 Å². The van der Waals surface area contributed by atoms with Crippen LogP contribution in [0.5, 0.6) is 0 Å². The van der Waals surface area contributed by atoms with Gasteiger partial charge in [-0.15, -0.1) is 0 Å². The van der Waals surface area contributed by atoms with E-state index in [2.05, 4.69) is 21.5 Å². The number of rotatable bonds is 1. The molecule has 1 aliphatic heterocycles. The van der Waals surface area contributed by atoms with E-state index in [-0.39, 0.29) is 12.1 Å². The van der Waals surface area contributed by atoms with E-state index in [0.29, 0.717) is 0 Å². The molecule has 0 atom stereocenters. The third-order valence-corrected chi connectivity index (χ3v) is 1.38. The summed E-state index contributed by atoms with van der Waals surface area (Å²) < 4.78 is 0. The Morgan fingerprint density at radius 1 is 1.50 bits per heavy atom. The van der Waals surface area contributed by atoms with Crippen molar-refractivity contribution in [3.05, 3.63) is 0 Å². The van der Waals surface area contributed by atoms with Crippen molar-refractivity contribution in [3.8, 4) is 0 Å². The molecule has 10 heavy (non-hydrogen) atoms. The lowest BCUT2D eigenvalue weighted by atomic mass is 10.3. The Bertz CT molecular complexity index is 121. The van der Waals surface area contributed by atoms with E-state index >= 15 is 0 Å². The number of hydrazine groups is 1. The summed E-state index contributed by atoms with van der Waals surface area (Å²) in [5.74, 6) is 0. The normalized spacial score (nSPS) is 18.9. The number of hydrogen-bond donors (Lipinski definition) is 4. The summed E-state index contributed by atoms with van der Waals surface area (Å²) in [7, 11) is 1.60. The highest BCUT2D eigenvalue weighted by Gasteiger charge is 2.14. The molecule has 1 heterocycles. The van der Waals surface area contributed by atoms with Gasteiger partial charge in [0.15, 0.2) is 0 Å². The Hall–Kier alpha value is -0.810. The maximum Gasteiger partial charge on any atom is 0.314 e.